The van der Waals surface area contributed by atoms with Crippen molar-refractivity contribution >= 4 is 0 Å². The molecule has 0 heterocycles. The van der Waals surface area contributed by atoms with E-state index < -0.39 is 0 Å². The molecule has 0 aromatic carbocycles. The summed E-state index contributed by atoms with van der Waals surface area (Å²) in [5.74, 6) is 0. The second-order valence-electron chi connectivity index (χ2n) is 5.63. The van der Waals surface area contributed by atoms with E-state index in [2.05, 4.69) is 23.9 Å². The lowest BCUT2D eigenvalue weighted by molar-refractivity contribution is 0.149. The fourth-order valence-corrected chi connectivity index (χ4v) is 2.81. The zero-order chi connectivity index (χ0) is 12.5. The molecule has 0 spiro atoms. The van der Waals surface area contributed by atoms with E-state index in [0.717, 1.165) is 19.0 Å². The van der Waals surface area contributed by atoms with Crippen molar-refractivity contribution in [2.45, 2.75) is 51.0 Å². The van der Waals surface area contributed by atoms with Gasteiger partial charge < -0.3 is 15.5 Å². The molecule has 3 heteroatoms. The summed E-state index contributed by atoms with van der Waals surface area (Å²) in [5.41, 5.74) is 5.65. The molecule has 17 heavy (non-hydrogen) atoms. The molecule has 0 bridgehead atoms. The summed E-state index contributed by atoms with van der Waals surface area (Å²) < 4.78 is 0. The van der Waals surface area contributed by atoms with E-state index in [1.54, 1.807) is 0 Å². The van der Waals surface area contributed by atoms with Crippen LogP contribution in [-0.2, 0) is 0 Å². The maximum Gasteiger partial charge on any atom is 0.00952 e. The highest BCUT2D eigenvalue weighted by Gasteiger charge is 2.20. The van der Waals surface area contributed by atoms with Gasteiger partial charge in [0.15, 0.2) is 0 Å². The first-order valence-corrected chi connectivity index (χ1v) is 7.33. The first-order chi connectivity index (χ1) is 8.24. The summed E-state index contributed by atoms with van der Waals surface area (Å²) in [4.78, 5) is 4.98. The lowest BCUT2D eigenvalue weighted by Crippen LogP contribution is -2.39. The quantitative estimate of drug-likeness (QED) is 0.705. The van der Waals surface area contributed by atoms with Crippen LogP contribution in [0.25, 0.3) is 0 Å². The van der Waals surface area contributed by atoms with E-state index in [1.165, 1.54) is 58.2 Å². The molecule has 0 radical (unpaired) electrons. The van der Waals surface area contributed by atoms with Gasteiger partial charge in [-0.25, -0.2) is 0 Å². The fraction of sp³-hybridized carbons (Fsp3) is 1.00. The Labute approximate surface area is 107 Å². The van der Waals surface area contributed by atoms with Crippen LogP contribution in [0.2, 0.25) is 0 Å². The minimum atomic E-state index is 0.830. The van der Waals surface area contributed by atoms with E-state index in [1.807, 2.05) is 0 Å². The summed E-state index contributed by atoms with van der Waals surface area (Å²) in [6, 6.07) is 0.845. The predicted octanol–water partition coefficient (Wildman–Crippen LogP) is 1.92. The second kappa shape index (κ2) is 8.90. The number of nitrogens with zero attached hydrogens (tertiary/aromatic N) is 2. The van der Waals surface area contributed by atoms with Gasteiger partial charge >= 0.3 is 0 Å². The van der Waals surface area contributed by atoms with Gasteiger partial charge in [-0.3, -0.25) is 0 Å². The molecule has 0 aliphatic heterocycles. The first-order valence-electron chi connectivity index (χ1n) is 7.33. The van der Waals surface area contributed by atoms with Crippen molar-refractivity contribution in [3.8, 4) is 0 Å². The molecule has 1 rings (SSSR count). The molecule has 0 saturated heterocycles. The van der Waals surface area contributed by atoms with Crippen molar-refractivity contribution in [3.63, 3.8) is 0 Å². The number of rotatable bonds is 8. The molecule has 1 saturated carbocycles. The first kappa shape index (κ1) is 14.9. The molecule has 1 fully saturated rings. The standard InChI is InChI=1S/C14H31N3/c1-16(2)11-7-13-17(12-6-10-15)14-8-4-3-5-9-14/h14H,3-13,15H2,1-2H3. The molecular formula is C14H31N3. The van der Waals surface area contributed by atoms with Crippen LogP contribution in [0, 0.1) is 0 Å². The highest BCUT2D eigenvalue weighted by atomic mass is 15.2. The van der Waals surface area contributed by atoms with Gasteiger partial charge in [-0.15, -0.1) is 0 Å². The van der Waals surface area contributed by atoms with Gasteiger partial charge in [0.05, 0.1) is 0 Å². The highest BCUT2D eigenvalue weighted by Crippen LogP contribution is 2.22. The lowest BCUT2D eigenvalue weighted by atomic mass is 9.94. The van der Waals surface area contributed by atoms with Crippen LogP contribution in [0.3, 0.4) is 0 Å². The van der Waals surface area contributed by atoms with Gasteiger partial charge in [0.25, 0.3) is 0 Å². The third-order valence-corrected chi connectivity index (χ3v) is 3.79. The van der Waals surface area contributed by atoms with Crippen LogP contribution < -0.4 is 5.73 Å². The Morgan fingerprint density at radius 3 is 2.18 bits per heavy atom. The molecule has 1 aliphatic rings. The third-order valence-electron chi connectivity index (χ3n) is 3.79. The Morgan fingerprint density at radius 2 is 1.59 bits per heavy atom. The summed E-state index contributed by atoms with van der Waals surface area (Å²) >= 11 is 0. The van der Waals surface area contributed by atoms with Gasteiger partial charge in [-0.05, 0) is 66.0 Å². The molecule has 102 valence electrons. The SMILES string of the molecule is CN(C)CCCN(CCCN)C1CCCCC1. The van der Waals surface area contributed by atoms with Crippen molar-refractivity contribution in [1.82, 2.24) is 9.80 Å². The van der Waals surface area contributed by atoms with Crippen LogP contribution in [0.4, 0.5) is 0 Å². The van der Waals surface area contributed by atoms with E-state index in [-0.39, 0.29) is 0 Å². The Balaban J connectivity index is 2.30. The summed E-state index contributed by atoms with van der Waals surface area (Å²) in [7, 11) is 4.32. The molecule has 2 N–H and O–H groups in total. The molecule has 0 amide bonds. The molecule has 0 aromatic rings. The van der Waals surface area contributed by atoms with Crippen molar-refractivity contribution in [2.75, 3.05) is 40.3 Å². The van der Waals surface area contributed by atoms with E-state index in [4.69, 9.17) is 5.73 Å². The topological polar surface area (TPSA) is 32.5 Å². The number of nitrogens with two attached hydrogens (primary N) is 1. The fourth-order valence-electron chi connectivity index (χ4n) is 2.81. The Morgan fingerprint density at radius 1 is 0.941 bits per heavy atom. The van der Waals surface area contributed by atoms with Crippen molar-refractivity contribution < 1.29 is 0 Å². The van der Waals surface area contributed by atoms with Crippen molar-refractivity contribution in [2.24, 2.45) is 5.73 Å². The molecule has 3 nitrogen and oxygen atoms in total. The molecular weight excluding hydrogens is 210 g/mol. The minimum Gasteiger partial charge on any atom is -0.330 e. The molecule has 0 atom stereocenters. The van der Waals surface area contributed by atoms with Gasteiger partial charge in [-0.2, -0.15) is 0 Å². The van der Waals surface area contributed by atoms with Crippen LogP contribution in [-0.4, -0.2) is 56.1 Å². The summed E-state index contributed by atoms with van der Waals surface area (Å²) in [5, 5.41) is 0. The van der Waals surface area contributed by atoms with Crippen LogP contribution in [0.1, 0.15) is 44.9 Å². The van der Waals surface area contributed by atoms with Gasteiger partial charge in [0.1, 0.15) is 0 Å². The van der Waals surface area contributed by atoms with E-state index >= 15 is 0 Å². The second-order valence-corrected chi connectivity index (χ2v) is 5.63. The average molecular weight is 241 g/mol. The van der Waals surface area contributed by atoms with Gasteiger partial charge in [0.2, 0.25) is 0 Å². The van der Waals surface area contributed by atoms with Gasteiger partial charge in [0, 0.05) is 6.04 Å². The monoisotopic (exact) mass is 241 g/mol. The normalized spacial score (nSPS) is 18.2. The van der Waals surface area contributed by atoms with E-state index in [9.17, 15) is 0 Å². The Bertz CT molecular complexity index is 176. The van der Waals surface area contributed by atoms with Crippen LogP contribution >= 0.6 is 0 Å². The number of hydrogen-bond acceptors (Lipinski definition) is 3. The van der Waals surface area contributed by atoms with Crippen LogP contribution in [0.5, 0.6) is 0 Å². The van der Waals surface area contributed by atoms with Crippen molar-refractivity contribution in [1.29, 1.82) is 0 Å². The molecule has 0 aromatic heterocycles. The zero-order valence-corrected chi connectivity index (χ0v) is 11.8. The maximum absolute atomic E-state index is 5.65. The highest BCUT2D eigenvalue weighted by molar-refractivity contribution is 4.76. The molecule has 0 unspecified atom stereocenters. The maximum atomic E-state index is 5.65. The van der Waals surface area contributed by atoms with Gasteiger partial charge in [-0.1, -0.05) is 19.3 Å². The largest absolute Gasteiger partial charge is 0.330 e. The summed E-state index contributed by atoms with van der Waals surface area (Å²) in [6.07, 6.45) is 9.56. The summed E-state index contributed by atoms with van der Waals surface area (Å²) in [6.45, 7) is 4.49. The zero-order valence-electron chi connectivity index (χ0n) is 11.8. The third kappa shape index (κ3) is 6.39. The Hall–Kier alpha value is -0.120. The average Bonchev–Trinajstić information content (AvgIpc) is 2.34. The lowest BCUT2D eigenvalue weighted by Gasteiger charge is -2.34. The van der Waals surface area contributed by atoms with Crippen LogP contribution in [0.15, 0.2) is 0 Å². The Kier molecular flexibility index (Phi) is 7.82. The minimum absolute atomic E-state index is 0.830. The number of hydrogen-bond donors (Lipinski definition) is 1. The smallest absolute Gasteiger partial charge is 0.00952 e. The predicted molar refractivity (Wildman–Crippen MR) is 75.3 cm³/mol. The van der Waals surface area contributed by atoms with E-state index in [0.29, 0.717) is 0 Å². The van der Waals surface area contributed by atoms with Crippen molar-refractivity contribution in [3.05, 3.63) is 0 Å². The molecule has 1 aliphatic carbocycles.